The minimum absolute atomic E-state index is 0.450. The van der Waals surface area contributed by atoms with Gasteiger partial charge in [0, 0.05) is 0 Å². The fraction of sp³-hybridized carbons (Fsp3) is 0.625. The maximum Gasteiger partial charge on any atom is 0.119 e. The standard InChI is InChI=1S/C16H26O/c1-3-4-5-6-7-8-11-14(2)15-12-9-10-13-16(15)17/h9-10,12-14,17H,3-8,11H2,1-2H3/t14-/m0/s1. The third kappa shape index (κ3) is 5.25. The fourth-order valence-corrected chi connectivity index (χ4v) is 2.29. The van der Waals surface area contributed by atoms with Crippen molar-refractivity contribution in [3.63, 3.8) is 0 Å². The normalized spacial score (nSPS) is 12.6. The summed E-state index contributed by atoms with van der Waals surface area (Å²) in [6, 6.07) is 7.72. The summed E-state index contributed by atoms with van der Waals surface area (Å²) < 4.78 is 0. The molecule has 0 fully saturated rings. The molecule has 0 aliphatic carbocycles. The van der Waals surface area contributed by atoms with Crippen LogP contribution in [0.4, 0.5) is 0 Å². The Balaban J connectivity index is 2.21. The summed E-state index contributed by atoms with van der Waals surface area (Å²) in [4.78, 5) is 0. The van der Waals surface area contributed by atoms with E-state index in [1.165, 1.54) is 44.9 Å². The predicted molar refractivity (Wildman–Crippen MR) is 74.5 cm³/mol. The van der Waals surface area contributed by atoms with E-state index in [4.69, 9.17) is 0 Å². The van der Waals surface area contributed by atoms with Gasteiger partial charge in [0.05, 0.1) is 0 Å². The lowest BCUT2D eigenvalue weighted by molar-refractivity contribution is 0.457. The van der Waals surface area contributed by atoms with Gasteiger partial charge in [-0.1, -0.05) is 70.6 Å². The highest BCUT2D eigenvalue weighted by atomic mass is 16.3. The molecule has 1 N–H and O–H groups in total. The zero-order valence-electron chi connectivity index (χ0n) is 11.3. The highest BCUT2D eigenvalue weighted by Gasteiger charge is 2.08. The number of aromatic hydroxyl groups is 1. The third-order valence-corrected chi connectivity index (χ3v) is 3.46. The van der Waals surface area contributed by atoms with E-state index >= 15 is 0 Å². The van der Waals surface area contributed by atoms with Crippen LogP contribution in [0.5, 0.6) is 5.75 Å². The smallest absolute Gasteiger partial charge is 0.119 e. The predicted octanol–water partition coefficient (Wildman–Crippen LogP) is 5.25. The first-order chi connectivity index (χ1) is 8.25. The summed E-state index contributed by atoms with van der Waals surface area (Å²) in [5, 5.41) is 9.75. The number of rotatable bonds is 8. The lowest BCUT2D eigenvalue weighted by Crippen LogP contribution is -1.94. The van der Waals surface area contributed by atoms with E-state index in [9.17, 15) is 5.11 Å². The molecular formula is C16H26O. The second-order valence-corrected chi connectivity index (χ2v) is 5.02. The molecule has 1 aromatic carbocycles. The second kappa shape index (κ2) is 8.16. The highest BCUT2D eigenvalue weighted by Crippen LogP contribution is 2.28. The Morgan fingerprint density at radius 3 is 2.35 bits per heavy atom. The van der Waals surface area contributed by atoms with Crippen molar-refractivity contribution in [3.05, 3.63) is 29.8 Å². The number of phenols is 1. The largest absolute Gasteiger partial charge is 0.508 e. The quantitative estimate of drug-likeness (QED) is 0.609. The Hall–Kier alpha value is -0.980. The van der Waals surface area contributed by atoms with Crippen LogP contribution in [0.3, 0.4) is 0 Å². The van der Waals surface area contributed by atoms with E-state index in [1.807, 2.05) is 18.2 Å². The SMILES string of the molecule is CCCCCCCC[C@H](C)c1ccccc1O. The maximum absolute atomic E-state index is 9.75. The molecule has 0 radical (unpaired) electrons. The van der Waals surface area contributed by atoms with Crippen molar-refractivity contribution in [1.29, 1.82) is 0 Å². The van der Waals surface area contributed by atoms with Gasteiger partial charge in [0.15, 0.2) is 0 Å². The number of phenolic OH excluding ortho intramolecular Hbond substituents is 1. The topological polar surface area (TPSA) is 20.2 Å². The Labute approximate surface area is 106 Å². The molecule has 17 heavy (non-hydrogen) atoms. The van der Waals surface area contributed by atoms with Crippen molar-refractivity contribution in [2.45, 2.75) is 64.7 Å². The molecule has 96 valence electrons. The second-order valence-electron chi connectivity index (χ2n) is 5.02. The average molecular weight is 234 g/mol. The van der Waals surface area contributed by atoms with E-state index in [0.717, 1.165) is 5.56 Å². The van der Waals surface area contributed by atoms with Crippen molar-refractivity contribution in [2.75, 3.05) is 0 Å². The number of benzene rings is 1. The summed E-state index contributed by atoms with van der Waals surface area (Å²) in [5.41, 5.74) is 1.10. The molecule has 0 saturated carbocycles. The molecule has 0 bridgehead atoms. The molecule has 0 unspecified atom stereocenters. The Bertz CT molecular complexity index is 306. The van der Waals surface area contributed by atoms with Gasteiger partial charge in [0.25, 0.3) is 0 Å². The van der Waals surface area contributed by atoms with Gasteiger partial charge in [-0.25, -0.2) is 0 Å². The van der Waals surface area contributed by atoms with Gasteiger partial charge in [-0.05, 0) is 24.0 Å². The van der Waals surface area contributed by atoms with Crippen LogP contribution in [-0.2, 0) is 0 Å². The molecule has 0 aliphatic rings. The minimum atomic E-state index is 0.450. The van der Waals surface area contributed by atoms with Gasteiger partial charge in [-0.3, -0.25) is 0 Å². The zero-order chi connectivity index (χ0) is 12.5. The van der Waals surface area contributed by atoms with Crippen LogP contribution in [0, 0.1) is 0 Å². The van der Waals surface area contributed by atoms with E-state index in [2.05, 4.69) is 13.8 Å². The Morgan fingerprint density at radius 2 is 1.65 bits per heavy atom. The van der Waals surface area contributed by atoms with Gasteiger partial charge in [0.2, 0.25) is 0 Å². The molecule has 0 heterocycles. The highest BCUT2D eigenvalue weighted by molar-refractivity contribution is 5.34. The van der Waals surface area contributed by atoms with Crippen LogP contribution in [0.25, 0.3) is 0 Å². The summed E-state index contributed by atoms with van der Waals surface area (Å²) >= 11 is 0. The molecule has 1 atom stereocenters. The molecule has 0 aliphatic heterocycles. The number of unbranched alkanes of at least 4 members (excludes halogenated alkanes) is 5. The first kappa shape index (κ1) is 14.1. The van der Waals surface area contributed by atoms with Crippen LogP contribution >= 0.6 is 0 Å². The molecule has 0 aromatic heterocycles. The van der Waals surface area contributed by atoms with E-state index in [0.29, 0.717) is 11.7 Å². The van der Waals surface area contributed by atoms with E-state index < -0.39 is 0 Å². The lowest BCUT2D eigenvalue weighted by Gasteiger charge is -2.13. The van der Waals surface area contributed by atoms with Crippen molar-refractivity contribution < 1.29 is 5.11 Å². The Morgan fingerprint density at radius 1 is 1.00 bits per heavy atom. The molecule has 1 nitrogen and oxygen atoms in total. The fourth-order valence-electron chi connectivity index (χ4n) is 2.29. The van der Waals surface area contributed by atoms with Crippen molar-refractivity contribution in [3.8, 4) is 5.75 Å². The lowest BCUT2D eigenvalue weighted by atomic mass is 9.94. The molecule has 1 heteroatoms. The van der Waals surface area contributed by atoms with Gasteiger partial charge in [-0.2, -0.15) is 0 Å². The first-order valence-electron chi connectivity index (χ1n) is 7.03. The Kier molecular flexibility index (Phi) is 6.76. The van der Waals surface area contributed by atoms with Crippen molar-refractivity contribution in [2.24, 2.45) is 0 Å². The van der Waals surface area contributed by atoms with Gasteiger partial charge >= 0.3 is 0 Å². The molecule has 0 spiro atoms. The van der Waals surface area contributed by atoms with Gasteiger partial charge in [0.1, 0.15) is 5.75 Å². The monoisotopic (exact) mass is 234 g/mol. The molecule has 1 aromatic rings. The molecule has 0 saturated heterocycles. The first-order valence-corrected chi connectivity index (χ1v) is 7.03. The van der Waals surface area contributed by atoms with Crippen LogP contribution in [0.1, 0.15) is 70.3 Å². The van der Waals surface area contributed by atoms with Crippen LogP contribution in [0.2, 0.25) is 0 Å². The third-order valence-electron chi connectivity index (χ3n) is 3.46. The average Bonchev–Trinajstić information content (AvgIpc) is 2.34. The van der Waals surface area contributed by atoms with E-state index in [1.54, 1.807) is 6.07 Å². The summed E-state index contributed by atoms with van der Waals surface area (Å²) in [6.45, 7) is 4.46. The van der Waals surface area contributed by atoms with Crippen LogP contribution < -0.4 is 0 Å². The number of hydrogen-bond acceptors (Lipinski definition) is 1. The van der Waals surface area contributed by atoms with Gasteiger partial charge in [-0.15, -0.1) is 0 Å². The minimum Gasteiger partial charge on any atom is -0.508 e. The van der Waals surface area contributed by atoms with Crippen LogP contribution in [0.15, 0.2) is 24.3 Å². The molecular weight excluding hydrogens is 208 g/mol. The summed E-state index contributed by atoms with van der Waals surface area (Å²) in [6.07, 6.45) is 9.22. The number of hydrogen-bond donors (Lipinski definition) is 1. The number of para-hydroxylation sites is 1. The summed E-state index contributed by atoms with van der Waals surface area (Å²) in [5.74, 6) is 0.924. The van der Waals surface area contributed by atoms with Crippen LogP contribution in [-0.4, -0.2) is 5.11 Å². The van der Waals surface area contributed by atoms with Gasteiger partial charge < -0.3 is 5.11 Å². The molecule has 0 amide bonds. The molecule has 1 rings (SSSR count). The summed E-state index contributed by atoms with van der Waals surface area (Å²) in [7, 11) is 0. The van der Waals surface area contributed by atoms with Crippen molar-refractivity contribution in [1.82, 2.24) is 0 Å². The van der Waals surface area contributed by atoms with E-state index in [-0.39, 0.29) is 0 Å². The van der Waals surface area contributed by atoms with Crippen molar-refractivity contribution >= 4 is 0 Å². The zero-order valence-corrected chi connectivity index (χ0v) is 11.3. The maximum atomic E-state index is 9.75.